The van der Waals surface area contributed by atoms with Gasteiger partial charge < -0.3 is 10.6 Å². The third-order valence-electron chi connectivity index (χ3n) is 3.67. The Hall–Kier alpha value is -2.86. The van der Waals surface area contributed by atoms with Crippen LogP contribution in [-0.4, -0.2) is 23.8 Å². The summed E-state index contributed by atoms with van der Waals surface area (Å²) >= 11 is 6.04. The summed E-state index contributed by atoms with van der Waals surface area (Å²) in [7, 11) is 0. The monoisotopic (exact) mass is 356 g/mol. The third kappa shape index (κ3) is 4.36. The summed E-state index contributed by atoms with van der Waals surface area (Å²) in [5, 5.41) is 8.78. The molecule has 2 aromatic carbocycles. The van der Waals surface area contributed by atoms with Gasteiger partial charge in [-0.25, -0.2) is 4.99 Å². The van der Waals surface area contributed by atoms with E-state index in [2.05, 4.69) is 20.9 Å². The van der Waals surface area contributed by atoms with Crippen LogP contribution in [0.25, 0.3) is 0 Å². The van der Waals surface area contributed by atoms with Crippen LogP contribution in [0.5, 0.6) is 0 Å². The topological polar surface area (TPSA) is 82.6 Å². The van der Waals surface area contributed by atoms with E-state index in [1.54, 1.807) is 24.3 Å². The Morgan fingerprint density at radius 2 is 1.92 bits per heavy atom. The molecule has 0 bridgehead atoms. The first-order valence-electron chi connectivity index (χ1n) is 7.78. The number of benzene rings is 2. The molecule has 1 aliphatic heterocycles. The van der Waals surface area contributed by atoms with Crippen LogP contribution in [0.3, 0.4) is 0 Å². The van der Waals surface area contributed by atoms with Crippen molar-refractivity contribution in [2.45, 2.75) is 19.4 Å². The fourth-order valence-electron chi connectivity index (χ4n) is 2.36. The number of guanidine groups is 1. The second-order valence-corrected chi connectivity index (χ2v) is 6.11. The number of anilines is 2. The molecule has 6 nitrogen and oxygen atoms in total. The Bertz CT molecular complexity index is 833. The zero-order valence-corrected chi connectivity index (χ0v) is 14.3. The van der Waals surface area contributed by atoms with Crippen LogP contribution in [0.1, 0.15) is 12.0 Å². The zero-order valence-electron chi connectivity index (χ0n) is 13.5. The van der Waals surface area contributed by atoms with Crippen molar-refractivity contribution in [3.8, 4) is 0 Å². The fraction of sp³-hybridized carbons (Fsp3) is 0.167. The molecule has 0 unspecified atom stereocenters. The molecule has 0 radical (unpaired) electrons. The largest absolute Gasteiger partial charge is 0.326 e. The lowest BCUT2D eigenvalue weighted by Gasteiger charge is -2.21. The van der Waals surface area contributed by atoms with Crippen molar-refractivity contribution in [3.63, 3.8) is 0 Å². The van der Waals surface area contributed by atoms with Crippen LogP contribution in [-0.2, 0) is 9.59 Å². The summed E-state index contributed by atoms with van der Waals surface area (Å²) < 4.78 is 0. The predicted molar refractivity (Wildman–Crippen MR) is 98.9 cm³/mol. The number of hydrogen-bond acceptors (Lipinski definition) is 4. The highest BCUT2D eigenvalue weighted by atomic mass is 35.5. The molecule has 7 heteroatoms. The number of aliphatic imine (C=N–C) groups is 1. The summed E-state index contributed by atoms with van der Waals surface area (Å²) in [6, 6.07) is 13.7. The third-order valence-corrected chi connectivity index (χ3v) is 4.00. The molecular formula is C18H17ClN4O2. The molecule has 1 atom stereocenters. The molecule has 0 aromatic heterocycles. The number of para-hydroxylation sites is 1. The Morgan fingerprint density at radius 3 is 2.64 bits per heavy atom. The van der Waals surface area contributed by atoms with Crippen LogP contribution in [0, 0.1) is 6.92 Å². The van der Waals surface area contributed by atoms with Gasteiger partial charge in [0.2, 0.25) is 17.8 Å². The van der Waals surface area contributed by atoms with Crippen LogP contribution < -0.4 is 16.0 Å². The molecule has 0 aliphatic carbocycles. The number of nitrogens with one attached hydrogen (secondary N) is 3. The van der Waals surface area contributed by atoms with Crippen molar-refractivity contribution in [3.05, 3.63) is 59.1 Å². The minimum absolute atomic E-state index is 0.0185. The number of aryl methyl sites for hydroxylation is 1. The van der Waals surface area contributed by atoms with Gasteiger partial charge in [0, 0.05) is 5.69 Å². The predicted octanol–water partition coefficient (Wildman–Crippen LogP) is 2.94. The second-order valence-electron chi connectivity index (χ2n) is 5.71. The van der Waals surface area contributed by atoms with E-state index in [4.69, 9.17) is 11.6 Å². The van der Waals surface area contributed by atoms with Crippen LogP contribution in [0.2, 0.25) is 5.02 Å². The smallest absolute Gasteiger partial charge is 0.249 e. The van der Waals surface area contributed by atoms with Gasteiger partial charge in [0.1, 0.15) is 6.04 Å². The zero-order chi connectivity index (χ0) is 17.8. The number of halogens is 1. The fourth-order valence-corrected chi connectivity index (χ4v) is 2.54. The highest BCUT2D eigenvalue weighted by molar-refractivity contribution is 6.33. The standard InChI is InChI=1S/C18H17ClN4O2/c1-11-6-8-12(9-7-11)20-18-22-15(10-16(24)23-18)17(25)21-14-5-3-2-4-13(14)19/h2-9,15H,10H2,1H3,(H,21,25)(H2,20,22,23,24)/t15-/m0/s1. The van der Waals surface area contributed by atoms with Gasteiger partial charge in [0.05, 0.1) is 17.1 Å². The highest BCUT2D eigenvalue weighted by Gasteiger charge is 2.27. The maximum atomic E-state index is 12.4. The van der Waals surface area contributed by atoms with Crippen molar-refractivity contribution >= 4 is 40.7 Å². The Morgan fingerprint density at radius 1 is 1.20 bits per heavy atom. The molecule has 1 aliphatic rings. The molecule has 0 spiro atoms. The maximum absolute atomic E-state index is 12.4. The van der Waals surface area contributed by atoms with Gasteiger partial charge in [-0.2, -0.15) is 0 Å². The van der Waals surface area contributed by atoms with Crippen molar-refractivity contribution < 1.29 is 9.59 Å². The number of amides is 2. The molecule has 0 fully saturated rings. The van der Waals surface area contributed by atoms with E-state index >= 15 is 0 Å². The Kier molecular flexibility index (Phi) is 5.00. The van der Waals surface area contributed by atoms with Crippen molar-refractivity contribution in [2.75, 3.05) is 10.6 Å². The molecule has 3 rings (SSSR count). The molecule has 25 heavy (non-hydrogen) atoms. The SMILES string of the molecule is Cc1ccc(NC2=N[C@H](C(=O)Nc3ccccc3Cl)CC(=O)N2)cc1. The quantitative estimate of drug-likeness (QED) is 0.790. The molecule has 3 N–H and O–H groups in total. The van der Waals surface area contributed by atoms with Crippen LogP contribution in [0.15, 0.2) is 53.5 Å². The Labute approximate surface area is 150 Å². The molecule has 2 amide bonds. The normalized spacial score (nSPS) is 16.6. The van der Waals surface area contributed by atoms with Gasteiger partial charge in [0.15, 0.2) is 0 Å². The van der Waals surface area contributed by atoms with Crippen LogP contribution >= 0.6 is 11.6 Å². The summed E-state index contributed by atoms with van der Waals surface area (Å²) in [4.78, 5) is 28.6. The van der Waals surface area contributed by atoms with E-state index in [1.807, 2.05) is 31.2 Å². The lowest BCUT2D eigenvalue weighted by Crippen LogP contribution is -2.45. The minimum atomic E-state index is -0.821. The molecule has 2 aromatic rings. The maximum Gasteiger partial charge on any atom is 0.249 e. The first-order chi connectivity index (χ1) is 12.0. The first-order valence-corrected chi connectivity index (χ1v) is 8.16. The van der Waals surface area contributed by atoms with E-state index < -0.39 is 6.04 Å². The van der Waals surface area contributed by atoms with Crippen molar-refractivity contribution in [2.24, 2.45) is 4.99 Å². The van der Waals surface area contributed by atoms with Gasteiger partial charge in [-0.15, -0.1) is 0 Å². The number of rotatable bonds is 3. The van der Waals surface area contributed by atoms with Crippen molar-refractivity contribution in [1.82, 2.24) is 5.32 Å². The van der Waals surface area contributed by atoms with Gasteiger partial charge in [0.25, 0.3) is 0 Å². The Balaban J connectivity index is 1.74. The number of hydrogen-bond donors (Lipinski definition) is 3. The molecule has 1 heterocycles. The van der Waals surface area contributed by atoms with Gasteiger partial charge >= 0.3 is 0 Å². The summed E-state index contributed by atoms with van der Waals surface area (Å²) in [5.74, 6) is -0.408. The van der Waals surface area contributed by atoms with Gasteiger partial charge in [-0.1, -0.05) is 41.4 Å². The molecule has 128 valence electrons. The summed E-state index contributed by atoms with van der Waals surface area (Å²) in [5.41, 5.74) is 2.39. The molecule has 0 saturated carbocycles. The van der Waals surface area contributed by atoms with Gasteiger partial charge in [-0.3, -0.25) is 14.9 Å². The average molecular weight is 357 g/mol. The average Bonchev–Trinajstić information content (AvgIpc) is 2.58. The second kappa shape index (κ2) is 7.36. The summed E-state index contributed by atoms with van der Waals surface area (Å²) in [6.07, 6.45) is -0.0185. The number of carbonyl (C=O) groups excluding carboxylic acids is 2. The lowest BCUT2D eigenvalue weighted by molar-refractivity contribution is -0.124. The van der Waals surface area contributed by atoms with Gasteiger partial charge in [-0.05, 0) is 31.2 Å². The highest BCUT2D eigenvalue weighted by Crippen LogP contribution is 2.21. The molecule has 0 saturated heterocycles. The molecular weight excluding hydrogens is 340 g/mol. The van der Waals surface area contributed by atoms with E-state index in [1.165, 1.54) is 0 Å². The lowest BCUT2D eigenvalue weighted by atomic mass is 10.1. The number of carbonyl (C=O) groups is 2. The minimum Gasteiger partial charge on any atom is -0.326 e. The van der Waals surface area contributed by atoms with E-state index in [-0.39, 0.29) is 24.2 Å². The van der Waals surface area contributed by atoms with Crippen molar-refractivity contribution in [1.29, 1.82) is 0 Å². The first kappa shape index (κ1) is 17.0. The van der Waals surface area contributed by atoms with E-state index in [0.717, 1.165) is 11.3 Å². The van der Waals surface area contributed by atoms with E-state index in [0.29, 0.717) is 10.7 Å². The number of nitrogens with zero attached hydrogens (tertiary/aromatic N) is 1. The van der Waals surface area contributed by atoms with Crippen LogP contribution in [0.4, 0.5) is 11.4 Å². The summed E-state index contributed by atoms with van der Waals surface area (Å²) in [6.45, 7) is 1.98. The van der Waals surface area contributed by atoms with E-state index in [9.17, 15) is 9.59 Å².